The van der Waals surface area contributed by atoms with E-state index in [9.17, 15) is 4.39 Å². The summed E-state index contributed by atoms with van der Waals surface area (Å²) in [5.74, 6) is 0.134. The van der Waals surface area contributed by atoms with Gasteiger partial charge < -0.3 is 0 Å². The van der Waals surface area contributed by atoms with E-state index in [2.05, 4.69) is 0 Å². The Morgan fingerprint density at radius 2 is 1.93 bits per heavy atom. The first-order valence-corrected chi connectivity index (χ1v) is 4.76. The predicted octanol–water partition coefficient (Wildman–Crippen LogP) is 3.46. The lowest BCUT2D eigenvalue weighted by atomic mass is 9.87. The molecule has 0 spiro atoms. The lowest BCUT2D eigenvalue weighted by Gasteiger charge is -2.17. The molecule has 0 saturated carbocycles. The SMILES string of the molecule is CC(C)[C@H](C)c1c(F)cccc1C#N. The molecule has 1 nitrogen and oxygen atoms in total. The first-order chi connectivity index (χ1) is 6.57. The van der Waals surface area contributed by atoms with Crippen molar-refractivity contribution in [2.24, 2.45) is 5.92 Å². The molecule has 0 aliphatic rings. The molecule has 2 heteroatoms. The summed E-state index contributed by atoms with van der Waals surface area (Å²) >= 11 is 0. The maximum atomic E-state index is 13.5. The van der Waals surface area contributed by atoms with Crippen LogP contribution in [-0.4, -0.2) is 0 Å². The standard InChI is InChI=1S/C12H14FN/c1-8(2)9(3)12-10(7-14)5-4-6-11(12)13/h4-6,8-9H,1-3H3/t9-/m0/s1. The fourth-order valence-electron chi connectivity index (χ4n) is 1.43. The second-order valence-corrected chi connectivity index (χ2v) is 3.85. The number of nitrogens with zero attached hydrogens (tertiary/aromatic N) is 1. The van der Waals surface area contributed by atoms with E-state index in [0.29, 0.717) is 17.0 Å². The average molecular weight is 191 g/mol. The number of nitriles is 1. The van der Waals surface area contributed by atoms with Crippen LogP contribution in [0.15, 0.2) is 18.2 Å². The van der Waals surface area contributed by atoms with Crippen molar-refractivity contribution in [1.29, 1.82) is 5.26 Å². The number of halogens is 1. The van der Waals surface area contributed by atoms with E-state index in [-0.39, 0.29) is 11.7 Å². The lowest BCUT2D eigenvalue weighted by molar-refractivity contribution is 0.500. The maximum Gasteiger partial charge on any atom is 0.127 e. The van der Waals surface area contributed by atoms with Gasteiger partial charge in [0.25, 0.3) is 0 Å². The van der Waals surface area contributed by atoms with Gasteiger partial charge in [-0.1, -0.05) is 26.8 Å². The third-order valence-electron chi connectivity index (χ3n) is 2.63. The summed E-state index contributed by atoms with van der Waals surface area (Å²) in [5, 5.41) is 8.86. The third-order valence-corrected chi connectivity index (χ3v) is 2.63. The molecule has 0 N–H and O–H groups in total. The van der Waals surface area contributed by atoms with Crippen molar-refractivity contribution < 1.29 is 4.39 Å². The highest BCUT2D eigenvalue weighted by molar-refractivity contribution is 5.40. The Labute approximate surface area is 84.2 Å². The van der Waals surface area contributed by atoms with Gasteiger partial charge in [0.15, 0.2) is 0 Å². The predicted molar refractivity (Wildman–Crippen MR) is 54.4 cm³/mol. The second kappa shape index (κ2) is 4.23. The van der Waals surface area contributed by atoms with Crippen LogP contribution in [0.4, 0.5) is 4.39 Å². The molecule has 0 radical (unpaired) electrons. The van der Waals surface area contributed by atoms with Crippen LogP contribution < -0.4 is 0 Å². The number of rotatable bonds is 2. The molecule has 0 bridgehead atoms. The van der Waals surface area contributed by atoms with Gasteiger partial charge in [-0.3, -0.25) is 0 Å². The normalized spacial score (nSPS) is 12.6. The summed E-state index contributed by atoms with van der Waals surface area (Å²) in [6, 6.07) is 6.68. The van der Waals surface area contributed by atoms with Gasteiger partial charge in [-0.05, 0) is 24.0 Å². The van der Waals surface area contributed by atoms with Crippen LogP contribution in [0.3, 0.4) is 0 Å². The largest absolute Gasteiger partial charge is 0.207 e. The Bertz CT molecular complexity index is 363. The van der Waals surface area contributed by atoms with Crippen LogP contribution in [0.2, 0.25) is 0 Å². The third kappa shape index (κ3) is 1.93. The number of hydrogen-bond acceptors (Lipinski definition) is 1. The second-order valence-electron chi connectivity index (χ2n) is 3.85. The van der Waals surface area contributed by atoms with Gasteiger partial charge in [-0.2, -0.15) is 5.26 Å². The van der Waals surface area contributed by atoms with Crippen molar-refractivity contribution in [3.8, 4) is 6.07 Å². The van der Waals surface area contributed by atoms with E-state index in [1.165, 1.54) is 6.07 Å². The quantitative estimate of drug-likeness (QED) is 0.702. The topological polar surface area (TPSA) is 23.8 Å². The fourth-order valence-corrected chi connectivity index (χ4v) is 1.43. The van der Waals surface area contributed by atoms with Crippen molar-refractivity contribution >= 4 is 0 Å². The van der Waals surface area contributed by atoms with E-state index in [4.69, 9.17) is 5.26 Å². The molecule has 0 amide bonds. The monoisotopic (exact) mass is 191 g/mol. The molecule has 1 atom stereocenters. The molecule has 74 valence electrons. The van der Waals surface area contributed by atoms with Crippen LogP contribution in [0.5, 0.6) is 0 Å². The Balaban J connectivity index is 3.25. The molecule has 1 rings (SSSR count). The lowest BCUT2D eigenvalue weighted by Crippen LogP contribution is -2.07. The summed E-state index contributed by atoms with van der Waals surface area (Å²) in [7, 11) is 0. The molecule has 0 fully saturated rings. The maximum absolute atomic E-state index is 13.5. The van der Waals surface area contributed by atoms with Crippen molar-refractivity contribution in [2.45, 2.75) is 26.7 Å². The summed E-state index contributed by atoms with van der Waals surface area (Å²) in [4.78, 5) is 0. The minimum Gasteiger partial charge on any atom is -0.207 e. The Kier molecular flexibility index (Phi) is 3.24. The summed E-state index contributed by atoms with van der Waals surface area (Å²) in [6.45, 7) is 6.00. The van der Waals surface area contributed by atoms with Gasteiger partial charge in [0, 0.05) is 5.56 Å². The molecule has 0 heterocycles. The summed E-state index contributed by atoms with van der Waals surface area (Å²) < 4.78 is 13.5. The molecule has 0 aromatic heterocycles. The summed E-state index contributed by atoms with van der Waals surface area (Å²) in [6.07, 6.45) is 0. The van der Waals surface area contributed by atoms with Crippen LogP contribution in [0.1, 0.15) is 37.8 Å². The molecule has 14 heavy (non-hydrogen) atoms. The van der Waals surface area contributed by atoms with Crippen molar-refractivity contribution in [2.75, 3.05) is 0 Å². The zero-order chi connectivity index (χ0) is 10.7. The van der Waals surface area contributed by atoms with E-state index < -0.39 is 0 Å². The number of hydrogen-bond donors (Lipinski definition) is 0. The van der Waals surface area contributed by atoms with Gasteiger partial charge in [0.05, 0.1) is 11.6 Å². The van der Waals surface area contributed by atoms with E-state index in [1.807, 2.05) is 26.8 Å². The van der Waals surface area contributed by atoms with Crippen molar-refractivity contribution in [3.63, 3.8) is 0 Å². The van der Waals surface area contributed by atoms with E-state index in [0.717, 1.165) is 0 Å². The Hall–Kier alpha value is -1.36. The first kappa shape index (κ1) is 10.7. The molecule has 0 saturated heterocycles. The molecular formula is C12H14FN. The molecule has 0 unspecified atom stereocenters. The highest BCUT2D eigenvalue weighted by Gasteiger charge is 2.17. The van der Waals surface area contributed by atoms with Gasteiger partial charge in [0.1, 0.15) is 5.82 Å². The van der Waals surface area contributed by atoms with Gasteiger partial charge >= 0.3 is 0 Å². The highest BCUT2D eigenvalue weighted by Crippen LogP contribution is 2.28. The zero-order valence-corrected chi connectivity index (χ0v) is 8.71. The molecule has 0 aliphatic heterocycles. The molecule has 0 aliphatic carbocycles. The first-order valence-electron chi connectivity index (χ1n) is 4.76. The highest BCUT2D eigenvalue weighted by atomic mass is 19.1. The number of benzene rings is 1. The molecular weight excluding hydrogens is 177 g/mol. The smallest absolute Gasteiger partial charge is 0.127 e. The van der Waals surface area contributed by atoms with Crippen LogP contribution >= 0.6 is 0 Å². The Morgan fingerprint density at radius 3 is 2.43 bits per heavy atom. The van der Waals surface area contributed by atoms with Crippen molar-refractivity contribution in [1.82, 2.24) is 0 Å². The van der Waals surface area contributed by atoms with Crippen LogP contribution in [0, 0.1) is 23.1 Å². The molecule has 1 aromatic carbocycles. The Morgan fingerprint density at radius 1 is 1.29 bits per heavy atom. The van der Waals surface area contributed by atoms with E-state index in [1.54, 1.807) is 12.1 Å². The minimum atomic E-state index is -0.273. The molecule has 1 aromatic rings. The minimum absolute atomic E-state index is 0.0749. The van der Waals surface area contributed by atoms with Crippen molar-refractivity contribution in [3.05, 3.63) is 35.1 Å². The van der Waals surface area contributed by atoms with Gasteiger partial charge in [-0.25, -0.2) is 4.39 Å². The summed E-state index contributed by atoms with van der Waals surface area (Å²) in [5.41, 5.74) is 0.996. The van der Waals surface area contributed by atoms with Gasteiger partial charge in [0.2, 0.25) is 0 Å². The van der Waals surface area contributed by atoms with Gasteiger partial charge in [-0.15, -0.1) is 0 Å². The van der Waals surface area contributed by atoms with Crippen LogP contribution in [0.25, 0.3) is 0 Å². The fraction of sp³-hybridized carbons (Fsp3) is 0.417. The van der Waals surface area contributed by atoms with E-state index >= 15 is 0 Å². The average Bonchev–Trinajstić information content (AvgIpc) is 2.16. The van der Waals surface area contributed by atoms with Crippen LogP contribution in [-0.2, 0) is 0 Å². The zero-order valence-electron chi connectivity index (χ0n) is 8.71.